The van der Waals surface area contributed by atoms with Gasteiger partial charge in [0.05, 0.1) is 18.8 Å². The topological polar surface area (TPSA) is 41.5 Å². The lowest BCUT2D eigenvalue weighted by atomic mass is 10.1. The Balaban J connectivity index is 2.64. The molecule has 1 aromatic rings. The van der Waals surface area contributed by atoms with Crippen molar-refractivity contribution in [2.75, 3.05) is 18.5 Å². The first-order valence-electron chi connectivity index (χ1n) is 5.19. The molecule has 0 saturated heterocycles. The third-order valence-electron chi connectivity index (χ3n) is 2.04. The highest BCUT2D eigenvalue weighted by atomic mass is 16.5. The van der Waals surface area contributed by atoms with Crippen LogP contribution in [0.15, 0.2) is 24.3 Å². The third kappa shape index (κ3) is 3.80. The monoisotopic (exact) mass is 209 g/mol. The number of aliphatic hydroxyl groups excluding tert-OH is 1. The first kappa shape index (κ1) is 11.9. The summed E-state index contributed by atoms with van der Waals surface area (Å²) in [5, 5.41) is 12.3. The second kappa shape index (κ2) is 5.03. The Hall–Kier alpha value is -1.22. The van der Waals surface area contributed by atoms with Crippen LogP contribution in [0.3, 0.4) is 0 Å². The van der Waals surface area contributed by atoms with Crippen molar-refractivity contribution in [1.82, 2.24) is 0 Å². The van der Waals surface area contributed by atoms with Crippen molar-refractivity contribution >= 4 is 5.69 Å². The van der Waals surface area contributed by atoms with Crippen LogP contribution >= 0.6 is 0 Å². The Morgan fingerprint density at radius 1 is 1.27 bits per heavy atom. The normalized spacial score (nSPS) is 11.2. The van der Waals surface area contributed by atoms with E-state index in [0.29, 0.717) is 6.61 Å². The molecule has 0 atom stereocenters. The van der Waals surface area contributed by atoms with Crippen LogP contribution in [0.1, 0.15) is 20.8 Å². The van der Waals surface area contributed by atoms with Crippen LogP contribution in [0.25, 0.3) is 0 Å². The van der Waals surface area contributed by atoms with E-state index in [1.54, 1.807) is 0 Å². The quantitative estimate of drug-likeness (QED) is 0.781. The second-order valence-electron chi connectivity index (χ2n) is 4.12. The van der Waals surface area contributed by atoms with E-state index in [-0.39, 0.29) is 12.1 Å². The van der Waals surface area contributed by atoms with Gasteiger partial charge in [0.25, 0.3) is 0 Å². The summed E-state index contributed by atoms with van der Waals surface area (Å²) >= 11 is 0. The molecule has 0 aromatic heterocycles. The SMILES string of the molecule is CCOc1ccc(NC(C)(C)CO)cc1. The van der Waals surface area contributed by atoms with E-state index >= 15 is 0 Å². The molecule has 0 saturated carbocycles. The van der Waals surface area contributed by atoms with Crippen LogP contribution in [0.4, 0.5) is 5.69 Å². The fourth-order valence-corrected chi connectivity index (χ4v) is 1.23. The highest BCUT2D eigenvalue weighted by molar-refractivity contribution is 5.48. The Morgan fingerprint density at radius 3 is 2.33 bits per heavy atom. The zero-order valence-corrected chi connectivity index (χ0v) is 9.58. The zero-order chi connectivity index (χ0) is 11.3. The van der Waals surface area contributed by atoms with Gasteiger partial charge >= 0.3 is 0 Å². The maximum atomic E-state index is 9.11. The summed E-state index contributed by atoms with van der Waals surface area (Å²) in [6.07, 6.45) is 0. The summed E-state index contributed by atoms with van der Waals surface area (Å²) in [6, 6.07) is 7.73. The van der Waals surface area contributed by atoms with E-state index in [0.717, 1.165) is 11.4 Å². The summed E-state index contributed by atoms with van der Waals surface area (Å²) < 4.78 is 5.34. The molecule has 1 rings (SSSR count). The highest BCUT2D eigenvalue weighted by Gasteiger charge is 2.15. The molecule has 0 spiro atoms. The second-order valence-corrected chi connectivity index (χ2v) is 4.12. The van der Waals surface area contributed by atoms with Crippen LogP contribution < -0.4 is 10.1 Å². The highest BCUT2D eigenvalue weighted by Crippen LogP contribution is 2.18. The van der Waals surface area contributed by atoms with Crippen molar-refractivity contribution in [2.24, 2.45) is 0 Å². The van der Waals surface area contributed by atoms with Crippen LogP contribution in [-0.2, 0) is 0 Å². The number of benzene rings is 1. The van der Waals surface area contributed by atoms with Crippen molar-refractivity contribution in [2.45, 2.75) is 26.3 Å². The Bertz CT molecular complexity index is 293. The number of ether oxygens (including phenoxy) is 1. The largest absolute Gasteiger partial charge is 0.494 e. The van der Waals surface area contributed by atoms with Gasteiger partial charge in [0, 0.05) is 5.69 Å². The average Bonchev–Trinajstić information content (AvgIpc) is 2.21. The van der Waals surface area contributed by atoms with E-state index in [2.05, 4.69) is 5.32 Å². The summed E-state index contributed by atoms with van der Waals surface area (Å²) in [7, 11) is 0. The molecule has 0 amide bonds. The van der Waals surface area contributed by atoms with E-state index in [1.807, 2.05) is 45.0 Å². The lowest BCUT2D eigenvalue weighted by Crippen LogP contribution is -2.34. The van der Waals surface area contributed by atoms with E-state index in [1.165, 1.54) is 0 Å². The first-order valence-corrected chi connectivity index (χ1v) is 5.19. The number of hydrogen-bond donors (Lipinski definition) is 2. The summed E-state index contributed by atoms with van der Waals surface area (Å²) in [5.74, 6) is 0.866. The van der Waals surface area contributed by atoms with Crippen LogP contribution in [-0.4, -0.2) is 23.9 Å². The van der Waals surface area contributed by atoms with Gasteiger partial charge in [-0.3, -0.25) is 0 Å². The van der Waals surface area contributed by atoms with Crippen molar-refractivity contribution in [3.05, 3.63) is 24.3 Å². The molecule has 0 bridgehead atoms. The number of nitrogens with one attached hydrogen (secondary N) is 1. The minimum absolute atomic E-state index is 0.0974. The van der Waals surface area contributed by atoms with Crippen LogP contribution in [0.5, 0.6) is 5.75 Å². The summed E-state index contributed by atoms with van der Waals surface area (Å²) in [6.45, 7) is 6.63. The smallest absolute Gasteiger partial charge is 0.119 e. The molecule has 0 aliphatic carbocycles. The molecule has 0 aliphatic rings. The summed E-state index contributed by atoms with van der Waals surface area (Å²) in [4.78, 5) is 0. The van der Waals surface area contributed by atoms with Gasteiger partial charge in [-0.15, -0.1) is 0 Å². The van der Waals surface area contributed by atoms with Crippen molar-refractivity contribution in [3.63, 3.8) is 0 Å². The van der Waals surface area contributed by atoms with Gasteiger partial charge in [-0.2, -0.15) is 0 Å². The number of aliphatic hydroxyl groups is 1. The van der Waals surface area contributed by atoms with Gasteiger partial charge in [-0.1, -0.05) is 0 Å². The average molecular weight is 209 g/mol. The van der Waals surface area contributed by atoms with E-state index < -0.39 is 0 Å². The predicted molar refractivity (Wildman–Crippen MR) is 62.4 cm³/mol. The summed E-state index contributed by atoms with van der Waals surface area (Å²) in [5.41, 5.74) is 0.685. The van der Waals surface area contributed by atoms with Gasteiger partial charge in [0.2, 0.25) is 0 Å². The first-order chi connectivity index (χ1) is 7.07. The molecule has 15 heavy (non-hydrogen) atoms. The fourth-order valence-electron chi connectivity index (χ4n) is 1.23. The van der Waals surface area contributed by atoms with Gasteiger partial charge in [0.15, 0.2) is 0 Å². The Labute approximate surface area is 91.1 Å². The molecular weight excluding hydrogens is 190 g/mol. The molecule has 1 aromatic carbocycles. The molecule has 3 heteroatoms. The number of rotatable bonds is 5. The lowest BCUT2D eigenvalue weighted by molar-refractivity contribution is 0.234. The van der Waals surface area contributed by atoms with Gasteiger partial charge < -0.3 is 15.2 Å². The zero-order valence-electron chi connectivity index (χ0n) is 9.58. The molecule has 0 heterocycles. The number of hydrogen-bond acceptors (Lipinski definition) is 3. The van der Waals surface area contributed by atoms with Gasteiger partial charge in [0.1, 0.15) is 5.75 Å². The Morgan fingerprint density at radius 2 is 1.87 bits per heavy atom. The van der Waals surface area contributed by atoms with E-state index in [9.17, 15) is 0 Å². The van der Waals surface area contributed by atoms with Crippen LogP contribution in [0.2, 0.25) is 0 Å². The number of anilines is 1. The molecular formula is C12H19NO2. The lowest BCUT2D eigenvalue weighted by Gasteiger charge is -2.24. The van der Waals surface area contributed by atoms with E-state index in [4.69, 9.17) is 9.84 Å². The van der Waals surface area contributed by atoms with Crippen molar-refractivity contribution < 1.29 is 9.84 Å². The van der Waals surface area contributed by atoms with Crippen molar-refractivity contribution in [3.8, 4) is 5.75 Å². The predicted octanol–water partition coefficient (Wildman–Crippen LogP) is 2.27. The maximum absolute atomic E-state index is 9.11. The maximum Gasteiger partial charge on any atom is 0.119 e. The third-order valence-corrected chi connectivity index (χ3v) is 2.04. The van der Waals surface area contributed by atoms with Gasteiger partial charge in [-0.25, -0.2) is 0 Å². The van der Waals surface area contributed by atoms with Gasteiger partial charge in [-0.05, 0) is 45.0 Å². The molecule has 2 N–H and O–H groups in total. The molecule has 3 nitrogen and oxygen atoms in total. The molecule has 0 unspecified atom stereocenters. The standard InChI is InChI=1S/C12H19NO2/c1-4-15-11-7-5-10(6-8-11)13-12(2,3)9-14/h5-8,13-14H,4,9H2,1-3H3. The van der Waals surface area contributed by atoms with Crippen molar-refractivity contribution in [1.29, 1.82) is 0 Å². The minimum atomic E-state index is -0.298. The fraction of sp³-hybridized carbons (Fsp3) is 0.500. The molecule has 0 fully saturated rings. The Kier molecular flexibility index (Phi) is 3.97. The molecule has 0 radical (unpaired) electrons. The van der Waals surface area contributed by atoms with Crippen LogP contribution in [0, 0.1) is 0 Å². The minimum Gasteiger partial charge on any atom is -0.494 e. The molecule has 84 valence electrons. The molecule has 0 aliphatic heterocycles.